The molecule has 2 amide bonds. The fourth-order valence-corrected chi connectivity index (χ4v) is 2.69. The van der Waals surface area contributed by atoms with E-state index in [0.29, 0.717) is 23.7 Å². The molecule has 0 saturated heterocycles. The van der Waals surface area contributed by atoms with Gasteiger partial charge in [-0.25, -0.2) is 5.43 Å². The molecule has 0 aliphatic heterocycles. The van der Waals surface area contributed by atoms with E-state index in [-0.39, 0.29) is 11.4 Å². The first-order chi connectivity index (χ1) is 16.0. The number of methoxy groups -OCH3 is 1. The quantitative estimate of drug-likeness (QED) is 0.235. The van der Waals surface area contributed by atoms with Crippen LogP contribution in [0.5, 0.6) is 11.5 Å². The molecule has 0 fully saturated rings. The highest BCUT2D eigenvalue weighted by atomic mass is 16.6. The summed E-state index contributed by atoms with van der Waals surface area (Å²) in [6.45, 7) is 0.380. The van der Waals surface area contributed by atoms with Gasteiger partial charge < -0.3 is 14.8 Å². The van der Waals surface area contributed by atoms with Gasteiger partial charge in [0, 0.05) is 17.8 Å². The minimum Gasteiger partial charge on any atom is -0.493 e. The Balaban J connectivity index is 1.54. The molecule has 0 saturated carbocycles. The number of non-ortho nitro benzene ring substituents is 1. The summed E-state index contributed by atoms with van der Waals surface area (Å²) in [5.41, 5.74) is 3.84. The average molecular weight is 448 g/mol. The number of nitrogens with one attached hydrogen (secondary N) is 2. The maximum atomic E-state index is 11.9. The SMILES string of the molecule is COc1cc(/C=N\NC(=O)C(=O)Nc2ccc([N+](=O)[O-])cc2)ccc1OCc1ccccc1. The molecule has 0 heterocycles. The number of carbonyl (C=O) groups excluding carboxylic acids is 2. The molecule has 0 radical (unpaired) electrons. The van der Waals surface area contributed by atoms with Crippen molar-refractivity contribution in [3.63, 3.8) is 0 Å². The van der Waals surface area contributed by atoms with Crippen LogP contribution in [0.15, 0.2) is 77.9 Å². The second-order valence-corrected chi connectivity index (χ2v) is 6.64. The molecule has 3 aromatic rings. The van der Waals surface area contributed by atoms with Crippen LogP contribution in [0.4, 0.5) is 11.4 Å². The van der Waals surface area contributed by atoms with Crippen molar-refractivity contribution in [2.45, 2.75) is 6.61 Å². The van der Waals surface area contributed by atoms with Crippen molar-refractivity contribution in [1.82, 2.24) is 5.43 Å². The van der Waals surface area contributed by atoms with Crippen LogP contribution in [-0.2, 0) is 16.2 Å². The molecule has 0 aliphatic rings. The lowest BCUT2D eigenvalue weighted by Crippen LogP contribution is -2.32. The summed E-state index contributed by atoms with van der Waals surface area (Å²) in [7, 11) is 1.51. The topological polar surface area (TPSA) is 132 Å². The van der Waals surface area contributed by atoms with E-state index < -0.39 is 16.7 Å². The van der Waals surface area contributed by atoms with Crippen LogP contribution in [-0.4, -0.2) is 30.1 Å². The second kappa shape index (κ2) is 11.0. The van der Waals surface area contributed by atoms with Gasteiger partial charge in [-0.3, -0.25) is 19.7 Å². The standard InChI is InChI=1S/C23H20N4O6/c1-32-21-13-17(7-12-20(21)33-15-16-5-3-2-4-6-16)14-24-26-23(29)22(28)25-18-8-10-19(11-9-18)27(30)31/h2-14H,15H2,1H3,(H,25,28)(H,26,29)/b24-14-. The molecule has 0 atom stereocenters. The maximum absolute atomic E-state index is 11.9. The first-order valence-corrected chi connectivity index (χ1v) is 9.70. The molecule has 3 aromatic carbocycles. The smallest absolute Gasteiger partial charge is 0.329 e. The summed E-state index contributed by atoms with van der Waals surface area (Å²) >= 11 is 0. The number of nitro benzene ring substituents is 1. The number of hydrogen-bond donors (Lipinski definition) is 2. The number of hydrazone groups is 1. The molecular formula is C23H20N4O6. The zero-order valence-corrected chi connectivity index (χ0v) is 17.6. The summed E-state index contributed by atoms with van der Waals surface area (Å²) in [5, 5.41) is 16.7. The van der Waals surface area contributed by atoms with Crippen LogP contribution < -0.4 is 20.2 Å². The van der Waals surface area contributed by atoms with Gasteiger partial charge >= 0.3 is 11.8 Å². The van der Waals surface area contributed by atoms with Crippen molar-refractivity contribution in [2.24, 2.45) is 5.10 Å². The molecule has 0 aromatic heterocycles. The van der Waals surface area contributed by atoms with E-state index in [1.165, 1.54) is 37.6 Å². The number of nitro groups is 1. The van der Waals surface area contributed by atoms with Crippen molar-refractivity contribution in [1.29, 1.82) is 0 Å². The molecular weight excluding hydrogens is 428 g/mol. The fraction of sp³-hybridized carbons (Fsp3) is 0.0870. The summed E-state index contributed by atoms with van der Waals surface area (Å²) in [5.74, 6) is -0.940. The highest BCUT2D eigenvalue weighted by Gasteiger charge is 2.14. The number of rotatable bonds is 8. The van der Waals surface area contributed by atoms with Crippen molar-refractivity contribution in [2.75, 3.05) is 12.4 Å². The fourth-order valence-electron chi connectivity index (χ4n) is 2.69. The first-order valence-electron chi connectivity index (χ1n) is 9.70. The zero-order valence-electron chi connectivity index (χ0n) is 17.6. The summed E-state index contributed by atoms with van der Waals surface area (Å²) in [6.07, 6.45) is 1.35. The molecule has 2 N–H and O–H groups in total. The van der Waals surface area contributed by atoms with Gasteiger partial charge in [0.25, 0.3) is 5.69 Å². The normalized spacial score (nSPS) is 10.5. The summed E-state index contributed by atoms with van der Waals surface area (Å²) in [4.78, 5) is 33.9. The van der Waals surface area contributed by atoms with E-state index in [1.807, 2.05) is 30.3 Å². The van der Waals surface area contributed by atoms with Crippen LogP contribution in [0.3, 0.4) is 0 Å². The minimum atomic E-state index is -1.00. The number of benzene rings is 3. The van der Waals surface area contributed by atoms with Crippen LogP contribution in [0.2, 0.25) is 0 Å². The molecule has 0 bridgehead atoms. The Morgan fingerprint density at radius 3 is 2.39 bits per heavy atom. The van der Waals surface area contributed by atoms with Gasteiger partial charge in [0.1, 0.15) is 6.61 Å². The lowest BCUT2D eigenvalue weighted by Gasteiger charge is -2.11. The van der Waals surface area contributed by atoms with Crippen LogP contribution >= 0.6 is 0 Å². The second-order valence-electron chi connectivity index (χ2n) is 6.64. The number of carbonyl (C=O) groups is 2. The van der Waals surface area contributed by atoms with E-state index in [0.717, 1.165) is 5.56 Å². The molecule has 168 valence electrons. The highest BCUT2D eigenvalue weighted by molar-refractivity contribution is 6.39. The lowest BCUT2D eigenvalue weighted by molar-refractivity contribution is -0.384. The molecule has 10 nitrogen and oxygen atoms in total. The molecule has 0 spiro atoms. The van der Waals surface area contributed by atoms with Crippen molar-refractivity contribution < 1.29 is 24.0 Å². The maximum Gasteiger partial charge on any atom is 0.329 e. The number of nitrogens with zero attached hydrogens (tertiary/aromatic N) is 2. The van der Waals surface area contributed by atoms with E-state index >= 15 is 0 Å². The molecule has 0 unspecified atom stereocenters. The van der Waals surface area contributed by atoms with E-state index in [9.17, 15) is 19.7 Å². The largest absolute Gasteiger partial charge is 0.493 e. The van der Waals surface area contributed by atoms with Gasteiger partial charge in [0.15, 0.2) is 11.5 Å². The van der Waals surface area contributed by atoms with Crippen molar-refractivity contribution >= 4 is 29.4 Å². The highest BCUT2D eigenvalue weighted by Crippen LogP contribution is 2.28. The molecule has 10 heteroatoms. The molecule has 0 aliphatic carbocycles. The third-order valence-electron chi connectivity index (χ3n) is 4.35. The molecule has 33 heavy (non-hydrogen) atoms. The van der Waals surface area contributed by atoms with Gasteiger partial charge in [-0.15, -0.1) is 0 Å². The Labute approximate surface area is 189 Å². The Morgan fingerprint density at radius 2 is 1.73 bits per heavy atom. The number of anilines is 1. The summed E-state index contributed by atoms with van der Waals surface area (Å²) < 4.78 is 11.1. The van der Waals surface area contributed by atoms with Crippen LogP contribution in [0, 0.1) is 10.1 Å². The number of hydrogen-bond acceptors (Lipinski definition) is 7. The van der Waals surface area contributed by atoms with E-state index in [1.54, 1.807) is 18.2 Å². The third kappa shape index (κ3) is 6.62. The van der Waals surface area contributed by atoms with Crippen LogP contribution in [0.25, 0.3) is 0 Å². The van der Waals surface area contributed by atoms with Gasteiger partial charge in [-0.1, -0.05) is 30.3 Å². The van der Waals surface area contributed by atoms with Gasteiger partial charge in [-0.05, 0) is 41.5 Å². The predicted molar refractivity (Wildman–Crippen MR) is 121 cm³/mol. The van der Waals surface area contributed by atoms with Crippen LogP contribution in [0.1, 0.15) is 11.1 Å². The lowest BCUT2D eigenvalue weighted by atomic mass is 10.2. The Kier molecular flexibility index (Phi) is 7.68. The van der Waals surface area contributed by atoms with Crippen molar-refractivity contribution in [3.05, 3.63) is 94.0 Å². The van der Waals surface area contributed by atoms with E-state index in [4.69, 9.17) is 9.47 Å². The third-order valence-corrected chi connectivity index (χ3v) is 4.35. The predicted octanol–water partition coefficient (Wildman–Crippen LogP) is 3.27. The monoisotopic (exact) mass is 448 g/mol. The average Bonchev–Trinajstić information content (AvgIpc) is 2.83. The molecule has 3 rings (SSSR count). The minimum absolute atomic E-state index is 0.131. The van der Waals surface area contributed by atoms with Gasteiger partial charge in [-0.2, -0.15) is 5.10 Å². The zero-order chi connectivity index (χ0) is 23.6. The van der Waals surface area contributed by atoms with Gasteiger partial charge in [0.2, 0.25) is 0 Å². The summed E-state index contributed by atoms with van der Waals surface area (Å²) in [6, 6.07) is 19.9. The Morgan fingerprint density at radius 1 is 1.00 bits per heavy atom. The van der Waals surface area contributed by atoms with Gasteiger partial charge in [0.05, 0.1) is 18.2 Å². The van der Waals surface area contributed by atoms with Crippen molar-refractivity contribution in [3.8, 4) is 11.5 Å². The number of ether oxygens (including phenoxy) is 2. The Bertz CT molecular complexity index is 1160. The van der Waals surface area contributed by atoms with E-state index in [2.05, 4.69) is 15.8 Å². The number of amides is 2. The first kappa shape index (κ1) is 22.9. The Hall–Kier alpha value is -4.73.